The maximum absolute atomic E-state index is 10.7. The molecule has 1 atom stereocenters. The molecule has 0 heterocycles. The van der Waals surface area contributed by atoms with E-state index in [1.165, 1.54) is 0 Å². The highest BCUT2D eigenvalue weighted by atomic mass is 35.5. The molecule has 0 radical (unpaired) electrons. The second kappa shape index (κ2) is 6.37. The number of hydrogen-bond donors (Lipinski definition) is 1. The molecule has 112 valence electrons. The van der Waals surface area contributed by atoms with E-state index in [9.17, 15) is 5.11 Å². The number of aliphatic hydroxyl groups excluding tert-OH is 1. The van der Waals surface area contributed by atoms with Gasteiger partial charge in [0.2, 0.25) is 0 Å². The number of benzene rings is 2. The number of aliphatic hydroxyl groups is 1. The molecule has 0 aliphatic heterocycles. The summed E-state index contributed by atoms with van der Waals surface area (Å²) in [5.74, 6) is 1.27. The van der Waals surface area contributed by atoms with Crippen molar-refractivity contribution in [2.45, 2.75) is 20.0 Å². The lowest BCUT2D eigenvalue weighted by Gasteiger charge is -2.20. The van der Waals surface area contributed by atoms with Gasteiger partial charge in [-0.15, -0.1) is 0 Å². The fourth-order valence-electron chi connectivity index (χ4n) is 2.38. The van der Waals surface area contributed by atoms with Gasteiger partial charge in [0.15, 0.2) is 0 Å². The largest absolute Gasteiger partial charge is 0.496 e. The number of methoxy groups -OCH3 is 2. The third-order valence-corrected chi connectivity index (χ3v) is 3.93. The minimum atomic E-state index is -0.868. The Hall–Kier alpha value is -1.71. The molecule has 3 nitrogen and oxygen atoms in total. The first-order valence-corrected chi connectivity index (χ1v) is 7.03. The summed E-state index contributed by atoms with van der Waals surface area (Å²) in [6, 6.07) is 9.02. The molecule has 1 N–H and O–H groups in total. The van der Waals surface area contributed by atoms with E-state index in [0.717, 1.165) is 11.1 Å². The number of rotatable bonds is 4. The number of halogens is 1. The molecule has 21 heavy (non-hydrogen) atoms. The first-order valence-electron chi connectivity index (χ1n) is 6.65. The van der Waals surface area contributed by atoms with Crippen LogP contribution in [0.25, 0.3) is 0 Å². The van der Waals surface area contributed by atoms with Crippen LogP contribution in [0.1, 0.15) is 28.4 Å². The monoisotopic (exact) mass is 306 g/mol. The van der Waals surface area contributed by atoms with E-state index in [0.29, 0.717) is 27.6 Å². The summed E-state index contributed by atoms with van der Waals surface area (Å²) in [5.41, 5.74) is 3.43. The van der Waals surface area contributed by atoms with E-state index in [1.54, 1.807) is 32.4 Å². The first-order chi connectivity index (χ1) is 9.99. The average molecular weight is 307 g/mol. The second-order valence-electron chi connectivity index (χ2n) is 4.92. The van der Waals surface area contributed by atoms with Gasteiger partial charge in [-0.05, 0) is 43.2 Å². The number of aryl methyl sites for hydroxylation is 1. The van der Waals surface area contributed by atoms with Crippen molar-refractivity contribution in [3.8, 4) is 11.5 Å². The van der Waals surface area contributed by atoms with Crippen LogP contribution in [0, 0.1) is 13.8 Å². The Labute approximate surface area is 130 Å². The van der Waals surface area contributed by atoms with E-state index in [2.05, 4.69) is 0 Å². The SMILES string of the molecule is COc1ccc(Cl)cc1C(O)c1ccc(C)c(C)c1OC. The summed E-state index contributed by atoms with van der Waals surface area (Å²) >= 11 is 6.04. The highest BCUT2D eigenvalue weighted by molar-refractivity contribution is 6.30. The van der Waals surface area contributed by atoms with E-state index in [-0.39, 0.29) is 0 Å². The zero-order chi connectivity index (χ0) is 15.6. The maximum atomic E-state index is 10.7. The highest BCUT2D eigenvalue weighted by Gasteiger charge is 2.21. The molecule has 4 heteroatoms. The molecule has 2 rings (SSSR count). The van der Waals surface area contributed by atoms with Crippen molar-refractivity contribution in [3.05, 3.63) is 57.6 Å². The van der Waals surface area contributed by atoms with Crippen LogP contribution in [-0.4, -0.2) is 19.3 Å². The van der Waals surface area contributed by atoms with Gasteiger partial charge < -0.3 is 14.6 Å². The Morgan fingerprint density at radius 1 is 1.00 bits per heavy atom. The zero-order valence-corrected chi connectivity index (χ0v) is 13.4. The molecule has 0 saturated heterocycles. The molecule has 0 aromatic heterocycles. The molecule has 0 bridgehead atoms. The van der Waals surface area contributed by atoms with Crippen molar-refractivity contribution in [2.24, 2.45) is 0 Å². The second-order valence-corrected chi connectivity index (χ2v) is 5.36. The van der Waals surface area contributed by atoms with Crippen molar-refractivity contribution < 1.29 is 14.6 Å². The van der Waals surface area contributed by atoms with Gasteiger partial charge >= 0.3 is 0 Å². The minimum absolute atomic E-state index is 0.549. The summed E-state index contributed by atoms with van der Waals surface area (Å²) in [7, 11) is 3.17. The lowest BCUT2D eigenvalue weighted by molar-refractivity contribution is 0.209. The quantitative estimate of drug-likeness (QED) is 0.926. The van der Waals surface area contributed by atoms with E-state index in [1.807, 2.05) is 26.0 Å². The smallest absolute Gasteiger partial charge is 0.128 e. The molecule has 0 aliphatic carbocycles. The Morgan fingerprint density at radius 2 is 1.71 bits per heavy atom. The van der Waals surface area contributed by atoms with Crippen molar-refractivity contribution in [3.63, 3.8) is 0 Å². The van der Waals surface area contributed by atoms with Crippen molar-refractivity contribution >= 4 is 11.6 Å². The molecule has 0 saturated carbocycles. The molecular weight excluding hydrogens is 288 g/mol. The Balaban J connectivity index is 2.57. The van der Waals surface area contributed by atoms with Gasteiger partial charge in [0.05, 0.1) is 14.2 Å². The van der Waals surface area contributed by atoms with Gasteiger partial charge in [0.1, 0.15) is 17.6 Å². The normalized spacial score (nSPS) is 12.1. The standard InChI is InChI=1S/C17H19ClO3/c1-10-5-7-13(17(21-4)11(10)2)16(19)14-9-12(18)6-8-15(14)20-3/h5-9,16,19H,1-4H3. The summed E-state index contributed by atoms with van der Waals surface area (Å²) in [5, 5.41) is 11.3. The molecule has 0 aliphatic rings. The summed E-state index contributed by atoms with van der Waals surface area (Å²) in [6.07, 6.45) is -0.868. The van der Waals surface area contributed by atoms with Crippen LogP contribution in [0.2, 0.25) is 5.02 Å². The Morgan fingerprint density at radius 3 is 2.33 bits per heavy atom. The van der Waals surface area contributed by atoms with Gasteiger partial charge in [-0.3, -0.25) is 0 Å². The summed E-state index contributed by atoms with van der Waals surface area (Å²) < 4.78 is 10.8. The molecular formula is C17H19ClO3. The topological polar surface area (TPSA) is 38.7 Å². The van der Waals surface area contributed by atoms with Gasteiger partial charge in [-0.2, -0.15) is 0 Å². The minimum Gasteiger partial charge on any atom is -0.496 e. The van der Waals surface area contributed by atoms with Crippen LogP contribution in [0.15, 0.2) is 30.3 Å². The van der Waals surface area contributed by atoms with Crippen LogP contribution in [-0.2, 0) is 0 Å². The molecule has 2 aromatic rings. The van der Waals surface area contributed by atoms with Gasteiger partial charge in [-0.25, -0.2) is 0 Å². The molecule has 0 spiro atoms. The third-order valence-electron chi connectivity index (χ3n) is 3.69. The average Bonchev–Trinajstić information content (AvgIpc) is 2.49. The molecule has 1 unspecified atom stereocenters. The predicted molar refractivity (Wildman–Crippen MR) is 84.5 cm³/mol. The van der Waals surface area contributed by atoms with Crippen LogP contribution >= 0.6 is 11.6 Å². The van der Waals surface area contributed by atoms with Crippen LogP contribution < -0.4 is 9.47 Å². The van der Waals surface area contributed by atoms with Crippen molar-refractivity contribution in [2.75, 3.05) is 14.2 Å². The number of hydrogen-bond acceptors (Lipinski definition) is 3. The first kappa shape index (κ1) is 15.7. The lowest BCUT2D eigenvalue weighted by Crippen LogP contribution is -2.06. The van der Waals surface area contributed by atoms with Gasteiger partial charge in [-0.1, -0.05) is 23.7 Å². The van der Waals surface area contributed by atoms with E-state index >= 15 is 0 Å². The van der Waals surface area contributed by atoms with Crippen LogP contribution in [0.5, 0.6) is 11.5 Å². The third kappa shape index (κ3) is 2.99. The van der Waals surface area contributed by atoms with Gasteiger partial charge in [0, 0.05) is 16.1 Å². The van der Waals surface area contributed by atoms with Gasteiger partial charge in [0.25, 0.3) is 0 Å². The summed E-state index contributed by atoms with van der Waals surface area (Å²) in [6.45, 7) is 3.98. The Kier molecular flexibility index (Phi) is 4.76. The highest BCUT2D eigenvalue weighted by Crippen LogP contribution is 2.38. The lowest BCUT2D eigenvalue weighted by atomic mass is 9.96. The fourth-order valence-corrected chi connectivity index (χ4v) is 2.56. The zero-order valence-electron chi connectivity index (χ0n) is 12.6. The molecule has 0 amide bonds. The predicted octanol–water partition coefficient (Wildman–Crippen LogP) is 4.06. The van der Waals surface area contributed by atoms with Crippen LogP contribution in [0.3, 0.4) is 0 Å². The molecule has 2 aromatic carbocycles. The van der Waals surface area contributed by atoms with E-state index < -0.39 is 6.10 Å². The fraction of sp³-hybridized carbons (Fsp3) is 0.294. The van der Waals surface area contributed by atoms with Crippen molar-refractivity contribution in [1.29, 1.82) is 0 Å². The Bertz CT molecular complexity index is 653. The van der Waals surface area contributed by atoms with E-state index in [4.69, 9.17) is 21.1 Å². The van der Waals surface area contributed by atoms with Crippen LogP contribution in [0.4, 0.5) is 0 Å². The molecule has 0 fully saturated rings. The van der Waals surface area contributed by atoms with Crippen molar-refractivity contribution in [1.82, 2.24) is 0 Å². The number of ether oxygens (including phenoxy) is 2. The maximum Gasteiger partial charge on any atom is 0.128 e. The summed E-state index contributed by atoms with van der Waals surface area (Å²) in [4.78, 5) is 0.